The number of esters is 2. The number of carbonyl (C=O) groups is 2. The van der Waals surface area contributed by atoms with Gasteiger partial charge in [0.25, 0.3) is 0 Å². The summed E-state index contributed by atoms with van der Waals surface area (Å²) < 4.78 is 47.5. The van der Waals surface area contributed by atoms with E-state index in [9.17, 15) is 22.6 Å². The van der Waals surface area contributed by atoms with Crippen LogP contribution in [0.5, 0.6) is 11.5 Å². The second-order valence-electron chi connectivity index (χ2n) is 4.76. The largest absolute Gasteiger partial charge is 1.00 e. The summed E-state index contributed by atoms with van der Waals surface area (Å²) in [7, 11) is -2.18. The summed E-state index contributed by atoms with van der Waals surface area (Å²) in [5, 5.41) is 0. The average molecular weight is 388 g/mol. The molecule has 8 nitrogen and oxygen atoms in total. The smallest absolute Gasteiger partial charge is 0.744 e. The van der Waals surface area contributed by atoms with Gasteiger partial charge in [-0.3, -0.25) is 0 Å². The van der Waals surface area contributed by atoms with E-state index in [2.05, 4.69) is 9.47 Å². The maximum Gasteiger partial charge on any atom is 1.00 e. The molecule has 0 aromatic heterocycles. The van der Waals surface area contributed by atoms with E-state index < -0.39 is 27.0 Å². The molecule has 0 heterocycles. The fourth-order valence-corrected chi connectivity index (χ4v) is 2.41. The standard InChI is InChI=1S/C16H14O8S.Na/c1-22-15(17)10-7-11(16(18)23-2)9-13(8-10)24-12-3-5-14(6-4-12)25(19,20)21;/h3-9H,1-2H3,(H,19,20,21);/q;+1/p-1. The van der Waals surface area contributed by atoms with Gasteiger partial charge in [0.1, 0.15) is 21.6 Å². The van der Waals surface area contributed by atoms with Crippen molar-refractivity contribution in [3.05, 3.63) is 53.6 Å². The van der Waals surface area contributed by atoms with E-state index in [1.54, 1.807) is 0 Å². The van der Waals surface area contributed by atoms with Gasteiger partial charge in [-0.1, -0.05) is 0 Å². The molecule has 0 amide bonds. The van der Waals surface area contributed by atoms with Crippen LogP contribution in [0.25, 0.3) is 0 Å². The zero-order valence-electron chi connectivity index (χ0n) is 14.2. The van der Waals surface area contributed by atoms with E-state index >= 15 is 0 Å². The predicted octanol–water partition coefficient (Wildman–Crippen LogP) is -1.04. The second-order valence-corrected chi connectivity index (χ2v) is 6.14. The maximum absolute atomic E-state index is 11.7. The van der Waals surface area contributed by atoms with E-state index in [0.717, 1.165) is 12.1 Å². The van der Waals surface area contributed by atoms with Gasteiger partial charge in [0.15, 0.2) is 0 Å². The average Bonchev–Trinajstić information content (AvgIpc) is 2.59. The van der Waals surface area contributed by atoms with Gasteiger partial charge in [-0.15, -0.1) is 0 Å². The molecule has 0 atom stereocenters. The number of methoxy groups -OCH3 is 2. The minimum absolute atomic E-state index is 0. The van der Waals surface area contributed by atoms with Crippen LogP contribution in [0, 0.1) is 0 Å². The van der Waals surface area contributed by atoms with Crippen molar-refractivity contribution in [3.8, 4) is 11.5 Å². The molecule has 26 heavy (non-hydrogen) atoms. The van der Waals surface area contributed by atoms with Crippen molar-refractivity contribution in [1.82, 2.24) is 0 Å². The zero-order valence-corrected chi connectivity index (χ0v) is 17.0. The van der Waals surface area contributed by atoms with Crippen molar-refractivity contribution < 1.29 is 66.3 Å². The van der Waals surface area contributed by atoms with Crippen molar-refractivity contribution >= 4 is 22.1 Å². The van der Waals surface area contributed by atoms with Gasteiger partial charge in [-0.2, -0.15) is 0 Å². The van der Waals surface area contributed by atoms with Gasteiger partial charge >= 0.3 is 41.5 Å². The summed E-state index contributed by atoms with van der Waals surface area (Å²) >= 11 is 0. The molecule has 0 unspecified atom stereocenters. The van der Waals surface area contributed by atoms with Gasteiger partial charge in [0.2, 0.25) is 0 Å². The number of hydrogen-bond donors (Lipinski definition) is 0. The topological polar surface area (TPSA) is 119 Å². The molecule has 10 heteroatoms. The fraction of sp³-hybridized carbons (Fsp3) is 0.125. The normalized spacial score (nSPS) is 10.4. The number of carbonyl (C=O) groups excluding carboxylic acids is 2. The minimum atomic E-state index is -4.56. The number of hydrogen-bond acceptors (Lipinski definition) is 8. The molecule has 0 radical (unpaired) electrons. The van der Waals surface area contributed by atoms with Crippen LogP contribution < -0.4 is 34.3 Å². The summed E-state index contributed by atoms with van der Waals surface area (Å²) in [5.41, 5.74) is 0.137. The van der Waals surface area contributed by atoms with E-state index in [4.69, 9.17) is 4.74 Å². The molecule has 2 rings (SSSR count). The van der Waals surface area contributed by atoms with Crippen LogP contribution in [0.15, 0.2) is 47.4 Å². The van der Waals surface area contributed by atoms with Crippen molar-refractivity contribution in [1.29, 1.82) is 0 Å². The third-order valence-corrected chi connectivity index (χ3v) is 3.95. The molecule has 2 aromatic rings. The van der Waals surface area contributed by atoms with Crippen molar-refractivity contribution in [2.45, 2.75) is 4.90 Å². The molecule has 0 aliphatic rings. The van der Waals surface area contributed by atoms with Crippen LogP contribution in [0.1, 0.15) is 20.7 Å². The molecule has 0 saturated carbocycles. The van der Waals surface area contributed by atoms with Gasteiger partial charge in [0, 0.05) is 0 Å². The Hall–Kier alpha value is -1.91. The quantitative estimate of drug-likeness (QED) is 0.362. The van der Waals surface area contributed by atoms with Gasteiger partial charge in [-0.25, -0.2) is 18.0 Å². The van der Waals surface area contributed by atoms with E-state index in [-0.39, 0.29) is 52.2 Å². The Bertz CT molecular complexity index is 872. The summed E-state index contributed by atoms with van der Waals surface area (Å²) in [5.74, 6) is -1.03. The summed E-state index contributed by atoms with van der Waals surface area (Å²) in [6.45, 7) is 0. The third kappa shape index (κ3) is 5.55. The minimum Gasteiger partial charge on any atom is -0.744 e. The Morgan fingerprint density at radius 3 is 1.69 bits per heavy atom. The Labute approximate surface area is 172 Å². The molecule has 0 saturated heterocycles. The summed E-state index contributed by atoms with van der Waals surface area (Å²) in [6, 6.07) is 8.69. The van der Waals surface area contributed by atoms with Crippen LogP contribution in [-0.4, -0.2) is 39.1 Å². The predicted molar refractivity (Wildman–Crippen MR) is 83.6 cm³/mol. The molecular weight excluding hydrogens is 375 g/mol. The Morgan fingerprint density at radius 1 is 0.846 bits per heavy atom. The zero-order chi connectivity index (χ0) is 18.6. The first-order valence-corrected chi connectivity index (χ1v) is 8.21. The van der Waals surface area contributed by atoms with Gasteiger partial charge < -0.3 is 18.8 Å². The molecule has 0 bridgehead atoms. The van der Waals surface area contributed by atoms with Crippen molar-refractivity contribution in [2.24, 2.45) is 0 Å². The fourth-order valence-electron chi connectivity index (χ4n) is 1.94. The van der Waals surface area contributed by atoms with Crippen molar-refractivity contribution in [2.75, 3.05) is 14.2 Å². The van der Waals surface area contributed by atoms with E-state index in [0.29, 0.717) is 0 Å². The van der Waals surface area contributed by atoms with Gasteiger partial charge in [-0.05, 0) is 42.5 Å². The molecule has 2 aromatic carbocycles. The maximum atomic E-state index is 11.7. The van der Waals surface area contributed by atoms with E-state index in [1.807, 2.05) is 0 Å². The first-order chi connectivity index (χ1) is 11.7. The Balaban J connectivity index is 0.00000338. The summed E-state index contributed by atoms with van der Waals surface area (Å²) in [6.07, 6.45) is 0. The molecule has 132 valence electrons. The van der Waals surface area contributed by atoms with Gasteiger partial charge in [0.05, 0.1) is 30.2 Å². The Morgan fingerprint density at radius 2 is 1.31 bits per heavy atom. The monoisotopic (exact) mass is 388 g/mol. The van der Waals surface area contributed by atoms with Crippen LogP contribution >= 0.6 is 0 Å². The molecule has 0 fully saturated rings. The van der Waals surface area contributed by atoms with E-state index in [1.165, 1.54) is 44.6 Å². The van der Waals surface area contributed by atoms with Crippen LogP contribution in [-0.2, 0) is 19.6 Å². The van der Waals surface area contributed by atoms with Crippen LogP contribution in [0.2, 0.25) is 0 Å². The molecule has 0 aliphatic carbocycles. The van der Waals surface area contributed by atoms with Crippen LogP contribution in [0.3, 0.4) is 0 Å². The summed E-state index contributed by atoms with van der Waals surface area (Å²) in [4.78, 5) is 23.0. The third-order valence-electron chi connectivity index (χ3n) is 3.10. The SMILES string of the molecule is COC(=O)c1cc(Oc2ccc(S(=O)(=O)[O-])cc2)cc(C(=O)OC)c1.[Na+]. The number of benzene rings is 2. The molecule has 0 spiro atoms. The van der Waals surface area contributed by atoms with Crippen molar-refractivity contribution in [3.63, 3.8) is 0 Å². The number of rotatable bonds is 5. The Kier molecular flexibility index (Phi) is 7.79. The number of ether oxygens (including phenoxy) is 3. The second kappa shape index (κ2) is 9.15. The molecular formula is C16H13NaO8S. The van der Waals surface area contributed by atoms with Crippen LogP contribution in [0.4, 0.5) is 0 Å². The molecule has 0 N–H and O–H groups in total. The molecule has 0 aliphatic heterocycles. The first kappa shape index (κ1) is 22.1. The first-order valence-electron chi connectivity index (χ1n) is 6.80.